The van der Waals surface area contributed by atoms with Crippen molar-refractivity contribution in [3.63, 3.8) is 0 Å². The van der Waals surface area contributed by atoms with Crippen molar-refractivity contribution in [2.75, 3.05) is 22.5 Å². The van der Waals surface area contributed by atoms with Crippen molar-refractivity contribution in [3.8, 4) is 5.75 Å². The SMILES string of the molecule is CCOc1ccc(N(Cc2ccc(C(=O)Nc3ccc4c(c3)sc(=O)n4C(C)C)cc2)S(C)(=O)=O)cc1. The lowest BCUT2D eigenvalue weighted by Gasteiger charge is -2.23. The number of amides is 1. The minimum absolute atomic E-state index is 0.0301. The van der Waals surface area contributed by atoms with Gasteiger partial charge in [-0.1, -0.05) is 23.5 Å². The molecular weight excluding hydrogens is 510 g/mol. The molecular formula is C27H29N3O5S2. The summed E-state index contributed by atoms with van der Waals surface area (Å²) in [5.41, 5.74) is 3.13. The molecule has 1 heterocycles. The Kier molecular flexibility index (Phi) is 7.70. The lowest BCUT2D eigenvalue weighted by Crippen LogP contribution is -2.29. The zero-order chi connectivity index (χ0) is 26.7. The lowest BCUT2D eigenvalue weighted by atomic mass is 10.1. The Morgan fingerprint density at radius 1 is 1.05 bits per heavy atom. The Balaban J connectivity index is 1.49. The first-order valence-electron chi connectivity index (χ1n) is 11.8. The number of aromatic nitrogens is 1. The van der Waals surface area contributed by atoms with Gasteiger partial charge in [0.1, 0.15) is 5.75 Å². The summed E-state index contributed by atoms with van der Waals surface area (Å²) < 4.78 is 34.3. The number of sulfonamides is 1. The lowest BCUT2D eigenvalue weighted by molar-refractivity contribution is 0.102. The van der Waals surface area contributed by atoms with E-state index in [0.717, 1.165) is 33.4 Å². The molecule has 0 unspecified atom stereocenters. The Morgan fingerprint density at radius 2 is 1.73 bits per heavy atom. The summed E-state index contributed by atoms with van der Waals surface area (Å²) in [6, 6.07) is 19.1. The quantitative estimate of drug-likeness (QED) is 0.313. The molecule has 3 aromatic carbocycles. The topological polar surface area (TPSA) is 97.7 Å². The molecule has 0 saturated carbocycles. The van der Waals surface area contributed by atoms with Crippen LogP contribution in [-0.2, 0) is 16.6 Å². The van der Waals surface area contributed by atoms with Crippen LogP contribution in [0, 0.1) is 0 Å². The fourth-order valence-electron chi connectivity index (χ4n) is 4.01. The number of benzene rings is 3. The first-order chi connectivity index (χ1) is 17.6. The standard InChI is InChI=1S/C27H29N3O5S2/c1-5-35-23-13-11-22(12-14-23)29(37(4,33)34)17-19-6-8-20(9-7-19)26(31)28-21-10-15-24-25(16-21)36-27(32)30(24)18(2)3/h6-16,18H,5,17H2,1-4H3,(H,28,31). The van der Waals surface area contributed by atoms with Gasteiger partial charge >= 0.3 is 4.87 Å². The van der Waals surface area contributed by atoms with Crippen molar-refractivity contribution in [1.82, 2.24) is 4.57 Å². The van der Waals surface area contributed by atoms with Crippen LogP contribution in [-0.4, -0.2) is 31.8 Å². The fraction of sp³-hybridized carbons (Fsp3) is 0.259. The predicted octanol–water partition coefficient (Wildman–Crippen LogP) is 5.26. The molecule has 0 aliphatic rings. The molecule has 0 saturated heterocycles. The summed E-state index contributed by atoms with van der Waals surface area (Å²) in [6.07, 6.45) is 1.16. The van der Waals surface area contributed by atoms with Gasteiger partial charge in [0.2, 0.25) is 10.0 Å². The van der Waals surface area contributed by atoms with Crippen LogP contribution in [0.3, 0.4) is 0 Å². The Hall–Kier alpha value is -3.63. The Labute approximate surface area is 220 Å². The van der Waals surface area contributed by atoms with Crippen LogP contribution in [0.2, 0.25) is 0 Å². The van der Waals surface area contributed by atoms with Crippen LogP contribution in [0.15, 0.2) is 71.5 Å². The van der Waals surface area contributed by atoms with Crippen molar-refractivity contribution in [1.29, 1.82) is 0 Å². The number of hydrogen-bond donors (Lipinski definition) is 1. The van der Waals surface area contributed by atoms with Crippen LogP contribution < -0.4 is 19.2 Å². The third-order valence-corrected chi connectivity index (χ3v) is 7.82. The van der Waals surface area contributed by atoms with E-state index in [1.807, 2.05) is 26.8 Å². The molecule has 4 aromatic rings. The van der Waals surface area contributed by atoms with Gasteiger partial charge in [-0.3, -0.25) is 18.5 Å². The normalized spacial score (nSPS) is 11.6. The molecule has 0 aliphatic carbocycles. The molecule has 0 radical (unpaired) electrons. The average molecular weight is 540 g/mol. The molecule has 0 fully saturated rings. The zero-order valence-corrected chi connectivity index (χ0v) is 22.7. The molecule has 0 spiro atoms. The minimum Gasteiger partial charge on any atom is -0.494 e. The van der Waals surface area contributed by atoms with Gasteiger partial charge in [-0.25, -0.2) is 8.42 Å². The van der Waals surface area contributed by atoms with Crippen molar-refractivity contribution in [3.05, 3.63) is 87.5 Å². The second kappa shape index (κ2) is 10.8. The van der Waals surface area contributed by atoms with Crippen LogP contribution in [0.5, 0.6) is 5.75 Å². The van der Waals surface area contributed by atoms with Gasteiger partial charge in [0.05, 0.1) is 35.3 Å². The smallest absolute Gasteiger partial charge is 0.308 e. The van der Waals surface area contributed by atoms with E-state index in [4.69, 9.17) is 4.74 Å². The number of carbonyl (C=O) groups excluding carboxylic acids is 1. The maximum atomic E-state index is 12.8. The molecule has 4 rings (SSSR count). The molecule has 0 bridgehead atoms. The van der Waals surface area contributed by atoms with Gasteiger partial charge in [0.25, 0.3) is 5.91 Å². The predicted molar refractivity (Wildman–Crippen MR) is 150 cm³/mol. The maximum Gasteiger partial charge on any atom is 0.308 e. The number of rotatable bonds is 9. The summed E-state index contributed by atoms with van der Waals surface area (Å²) in [5, 5.41) is 2.87. The number of hydrogen-bond acceptors (Lipinski definition) is 6. The van der Waals surface area contributed by atoms with Crippen LogP contribution in [0.25, 0.3) is 10.2 Å². The van der Waals surface area contributed by atoms with Gasteiger partial charge in [-0.2, -0.15) is 0 Å². The number of nitrogens with one attached hydrogen (secondary N) is 1. The summed E-state index contributed by atoms with van der Waals surface area (Å²) in [5.74, 6) is 0.369. The zero-order valence-electron chi connectivity index (χ0n) is 21.1. The maximum absolute atomic E-state index is 12.8. The van der Waals surface area contributed by atoms with E-state index in [1.165, 1.54) is 4.31 Å². The van der Waals surface area contributed by atoms with Crippen molar-refractivity contribution >= 4 is 48.9 Å². The van der Waals surface area contributed by atoms with Crippen molar-refractivity contribution in [2.45, 2.75) is 33.4 Å². The second-order valence-corrected chi connectivity index (χ2v) is 11.8. The number of ether oxygens (including phenoxy) is 1. The number of thiazole rings is 1. The first kappa shape index (κ1) is 26.4. The largest absolute Gasteiger partial charge is 0.494 e. The van der Waals surface area contributed by atoms with Gasteiger partial charge in [-0.15, -0.1) is 0 Å². The molecule has 0 atom stereocenters. The monoisotopic (exact) mass is 539 g/mol. The van der Waals surface area contributed by atoms with Crippen molar-refractivity contribution in [2.24, 2.45) is 0 Å². The highest BCUT2D eigenvalue weighted by Crippen LogP contribution is 2.26. The molecule has 1 amide bonds. The summed E-state index contributed by atoms with van der Waals surface area (Å²) in [4.78, 5) is 25.1. The van der Waals surface area contributed by atoms with E-state index in [0.29, 0.717) is 29.3 Å². The van der Waals surface area contributed by atoms with E-state index < -0.39 is 10.0 Å². The number of fused-ring (bicyclic) bond motifs is 1. The van der Waals surface area contributed by atoms with Crippen LogP contribution in [0.4, 0.5) is 11.4 Å². The van der Waals surface area contributed by atoms with Crippen LogP contribution >= 0.6 is 11.3 Å². The third kappa shape index (κ3) is 6.03. The second-order valence-electron chi connectivity index (χ2n) is 8.86. The van der Waals surface area contributed by atoms with Crippen molar-refractivity contribution < 1.29 is 17.9 Å². The van der Waals surface area contributed by atoms with E-state index in [1.54, 1.807) is 65.2 Å². The average Bonchev–Trinajstić information content (AvgIpc) is 3.18. The fourth-order valence-corrected chi connectivity index (χ4v) is 5.95. The molecule has 194 valence electrons. The minimum atomic E-state index is -3.54. The summed E-state index contributed by atoms with van der Waals surface area (Å²) in [7, 11) is -3.54. The molecule has 1 N–H and O–H groups in total. The summed E-state index contributed by atoms with van der Waals surface area (Å²) >= 11 is 1.15. The highest BCUT2D eigenvalue weighted by Gasteiger charge is 2.19. The van der Waals surface area contributed by atoms with Crippen LogP contribution in [0.1, 0.15) is 42.7 Å². The molecule has 37 heavy (non-hydrogen) atoms. The number of nitrogens with zero attached hydrogens (tertiary/aromatic N) is 2. The van der Waals surface area contributed by atoms with E-state index in [9.17, 15) is 18.0 Å². The van der Waals surface area contributed by atoms with E-state index in [2.05, 4.69) is 5.32 Å². The van der Waals surface area contributed by atoms with Gasteiger partial charge < -0.3 is 10.1 Å². The molecule has 10 heteroatoms. The Bertz CT molecular complexity index is 1570. The van der Waals surface area contributed by atoms with Gasteiger partial charge in [-0.05, 0) is 80.9 Å². The number of carbonyl (C=O) groups is 1. The highest BCUT2D eigenvalue weighted by atomic mass is 32.2. The van der Waals surface area contributed by atoms with Gasteiger partial charge in [0, 0.05) is 17.3 Å². The summed E-state index contributed by atoms with van der Waals surface area (Å²) in [6.45, 7) is 6.45. The molecule has 1 aromatic heterocycles. The third-order valence-electron chi connectivity index (χ3n) is 5.77. The molecule has 0 aliphatic heterocycles. The van der Waals surface area contributed by atoms with E-state index in [-0.39, 0.29) is 23.4 Å². The molecule has 8 nitrogen and oxygen atoms in total. The Morgan fingerprint density at radius 3 is 2.32 bits per heavy atom. The van der Waals surface area contributed by atoms with E-state index >= 15 is 0 Å². The highest BCUT2D eigenvalue weighted by molar-refractivity contribution is 7.92. The number of anilines is 2. The van der Waals surface area contributed by atoms with Gasteiger partial charge in [0.15, 0.2) is 0 Å². The first-order valence-corrected chi connectivity index (χ1v) is 14.5.